The van der Waals surface area contributed by atoms with Crippen LogP contribution in [-0.4, -0.2) is 21.8 Å². The van der Waals surface area contributed by atoms with Gasteiger partial charge in [0.15, 0.2) is 0 Å². The second-order valence-corrected chi connectivity index (χ2v) is 5.09. The number of fused-ring (bicyclic) bond motifs is 1. The van der Waals surface area contributed by atoms with Crippen LogP contribution in [0.4, 0.5) is 0 Å². The number of methoxy groups -OCH3 is 1. The maximum Gasteiger partial charge on any atom is 0.259 e. The summed E-state index contributed by atoms with van der Waals surface area (Å²) in [7, 11) is 1.61. The summed E-state index contributed by atoms with van der Waals surface area (Å²) in [5.41, 5.74) is 1.53. The largest absolute Gasteiger partial charge is 0.507 e. The van der Waals surface area contributed by atoms with E-state index in [1.165, 1.54) is 0 Å². The highest BCUT2D eigenvalue weighted by Crippen LogP contribution is 2.24. The van der Waals surface area contributed by atoms with Crippen molar-refractivity contribution in [2.45, 2.75) is 13.5 Å². The van der Waals surface area contributed by atoms with Gasteiger partial charge in [0.1, 0.15) is 17.1 Å². The van der Waals surface area contributed by atoms with Crippen LogP contribution in [0.1, 0.15) is 11.1 Å². The predicted octanol–water partition coefficient (Wildman–Crippen LogP) is 2.47. The van der Waals surface area contributed by atoms with Crippen LogP contribution in [0.5, 0.6) is 11.5 Å². The molecule has 0 saturated carbocycles. The molecule has 0 bridgehead atoms. The minimum atomic E-state index is -0.237. The van der Waals surface area contributed by atoms with E-state index in [9.17, 15) is 9.90 Å². The first-order chi connectivity index (χ1) is 10.6. The Balaban J connectivity index is 2.15. The summed E-state index contributed by atoms with van der Waals surface area (Å²) in [5.74, 6) is 0.764. The van der Waals surface area contributed by atoms with Crippen LogP contribution in [0.15, 0.2) is 47.4 Å². The smallest absolute Gasteiger partial charge is 0.259 e. The third-order valence-corrected chi connectivity index (χ3v) is 3.72. The van der Waals surface area contributed by atoms with Crippen molar-refractivity contribution in [1.82, 2.24) is 9.55 Å². The summed E-state index contributed by atoms with van der Waals surface area (Å²) in [4.78, 5) is 16.7. The second-order valence-electron chi connectivity index (χ2n) is 5.09. The molecule has 5 heteroatoms. The Morgan fingerprint density at radius 2 is 1.95 bits per heavy atom. The fraction of sp³-hybridized carbons (Fsp3) is 0.176. The van der Waals surface area contributed by atoms with E-state index < -0.39 is 0 Å². The number of nitrogens with zero attached hydrogens (tertiary/aromatic N) is 2. The molecule has 0 saturated heterocycles. The van der Waals surface area contributed by atoms with Crippen LogP contribution in [0, 0.1) is 6.92 Å². The van der Waals surface area contributed by atoms with Gasteiger partial charge in [-0.25, -0.2) is 4.98 Å². The van der Waals surface area contributed by atoms with Gasteiger partial charge in [-0.05, 0) is 36.8 Å². The van der Waals surface area contributed by atoms with Crippen LogP contribution < -0.4 is 10.3 Å². The molecule has 0 spiro atoms. The van der Waals surface area contributed by atoms with E-state index in [0.29, 0.717) is 23.1 Å². The highest BCUT2D eigenvalue weighted by Gasteiger charge is 2.13. The molecule has 3 aromatic rings. The van der Waals surface area contributed by atoms with E-state index in [-0.39, 0.29) is 11.3 Å². The summed E-state index contributed by atoms with van der Waals surface area (Å²) in [6.45, 7) is 2.01. The molecule has 22 heavy (non-hydrogen) atoms. The molecule has 0 aliphatic rings. The van der Waals surface area contributed by atoms with Gasteiger partial charge in [-0.15, -0.1) is 0 Å². The molecule has 0 aliphatic heterocycles. The first-order valence-electron chi connectivity index (χ1n) is 6.92. The van der Waals surface area contributed by atoms with Crippen molar-refractivity contribution in [2.75, 3.05) is 7.11 Å². The van der Waals surface area contributed by atoms with Crippen LogP contribution >= 0.6 is 0 Å². The maximum atomic E-state index is 12.5. The van der Waals surface area contributed by atoms with Gasteiger partial charge in [0, 0.05) is 6.20 Å². The van der Waals surface area contributed by atoms with E-state index in [1.807, 2.05) is 24.3 Å². The first kappa shape index (κ1) is 14.1. The number of rotatable bonds is 3. The third-order valence-electron chi connectivity index (χ3n) is 3.72. The lowest BCUT2D eigenvalue weighted by molar-refractivity contribution is 0.414. The molecular formula is C17H16N2O3. The van der Waals surface area contributed by atoms with Crippen molar-refractivity contribution in [3.8, 4) is 11.5 Å². The number of pyridine rings is 2. The molecular weight excluding hydrogens is 280 g/mol. The molecule has 1 N–H and O–H groups in total. The average molecular weight is 296 g/mol. The number of benzene rings is 1. The monoisotopic (exact) mass is 296 g/mol. The average Bonchev–Trinajstić information content (AvgIpc) is 2.57. The minimum Gasteiger partial charge on any atom is -0.507 e. The highest BCUT2D eigenvalue weighted by molar-refractivity contribution is 5.83. The van der Waals surface area contributed by atoms with E-state index in [4.69, 9.17) is 4.74 Å². The van der Waals surface area contributed by atoms with Crippen molar-refractivity contribution < 1.29 is 9.84 Å². The molecule has 5 nitrogen and oxygen atoms in total. The zero-order chi connectivity index (χ0) is 15.7. The third kappa shape index (κ3) is 2.30. The quantitative estimate of drug-likeness (QED) is 0.806. The maximum absolute atomic E-state index is 12.5. The van der Waals surface area contributed by atoms with Crippen molar-refractivity contribution in [2.24, 2.45) is 0 Å². The molecule has 0 fully saturated rings. The van der Waals surface area contributed by atoms with Crippen molar-refractivity contribution in [3.05, 3.63) is 64.1 Å². The standard InChI is InChI=1S/C17H16N2O3/c1-11-15(20)14-4-3-9-18-16(14)19(17(11)21)10-12-5-7-13(22-2)8-6-12/h3-9,20H,10H2,1-2H3. The molecule has 0 radical (unpaired) electrons. The molecule has 0 aliphatic carbocycles. The van der Waals surface area contributed by atoms with Gasteiger partial charge in [0.2, 0.25) is 0 Å². The van der Waals surface area contributed by atoms with E-state index >= 15 is 0 Å². The zero-order valence-electron chi connectivity index (χ0n) is 12.4. The summed E-state index contributed by atoms with van der Waals surface area (Å²) in [5, 5.41) is 10.7. The predicted molar refractivity (Wildman–Crippen MR) is 84.5 cm³/mol. The van der Waals surface area contributed by atoms with Crippen LogP contribution in [0.25, 0.3) is 11.0 Å². The topological polar surface area (TPSA) is 64.3 Å². The molecule has 3 rings (SSSR count). The fourth-order valence-corrected chi connectivity index (χ4v) is 2.46. The van der Waals surface area contributed by atoms with Gasteiger partial charge in [0.05, 0.1) is 24.6 Å². The van der Waals surface area contributed by atoms with Gasteiger partial charge < -0.3 is 9.84 Å². The van der Waals surface area contributed by atoms with Gasteiger partial charge in [-0.2, -0.15) is 0 Å². The Labute approximate surface area is 127 Å². The van der Waals surface area contributed by atoms with E-state index in [0.717, 1.165) is 11.3 Å². The fourth-order valence-electron chi connectivity index (χ4n) is 2.46. The zero-order valence-corrected chi connectivity index (χ0v) is 12.4. The Hall–Kier alpha value is -2.82. The van der Waals surface area contributed by atoms with Crippen molar-refractivity contribution in [3.63, 3.8) is 0 Å². The number of hydrogen-bond acceptors (Lipinski definition) is 4. The number of hydrogen-bond donors (Lipinski definition) is 1. The number of aromatic nitrogens is 2. The first-order valence-corrected chi connectivity index (χ1v) is 6.92. The lowest BCUT2D eigenvalue weighted by Crippen LogP contribution is -2.24. The summed E-state index contributed by atoms with van der Waals surface area (Å²) >= 11 is 0. The lowest BCUT2D eigenvalue weighted by Gasteiger charge is -2.12. The van der Waals surface area contributed by atoms with Crippen LogP contribution in [0.3, 0.4) is 0 Å². The molecule has 0 atom stereocenters. The Morgan fingerprint density at radius 3 is 2.64 bits per heavy atom. The molecule has 0 amide bonds. The van der Waals surface area contributed by atoms with Crippen LogP contribution in [-0.2, 0) is 6.54 Å². The summed E-state index contributed by atoms with van der Waals surface area (Å²) in [6, 6.07) is 11.0. The normalized spacial score (nSPS) is 10.8. The SMILES string of the molecule is COc1ccc(Cn2c(=O)c(C)c(O)c3cccnc32)cc1. The minimum absolute atomic E-state index is 0.000851. The molecule has 2 heterocycles. The number of aromatic hydroxyl groups is 1. The molecule has 0 unspecified atom stereocenters. The molecule has 112 valence electrons. The van der Waals surface area contributed by atoms with E-state index in [2.05, 4.69) is 4.98 Å². The van der Waals surface area contributed by atoms with Gasteiger partial charge >= 0.3 is 0 Å². The Kier molecular flexibility index (Phi) is 3.55. The lowest BCUT2D eigenvalue weighted by atomic mass is 10.1. The van der Waals surface area contributed by atoms with Crippen LogP contribution in [0.2, 0.25) is 0 Å². The van der Waals surface area contributed by atoms with Gasteiger partial charge in [-0.1, -0.05) is 12.1 Å². The highest BCUT2D eigenvalue weighted by atomic mass is 16.5. The number of ether oxygens (including phenoxy) is 1. The molecule has 2 aromatic heterocycles. The second kappa shape index (κ2) is 5.52. The Bertz CT molecular complexity index is 883. The van der Waals surface area contributed by atoms with Crippen molar-refractivity contribution >= 4 is 11.0 Å². The van der Waals surface area contributed by atoms with Crippen molar-refractivity contribution in [1.29, 1.82) is 0 Å². The molecule has 1 aromatic carbocycles. The van der Waals surface area contributed by atoms with Gasteiger partial charge in [-0.3, -0.25) is 9.36 Å². The Morgan fingerprint density at radius 1 is 1.23 bits per heavy atom. The van der Waals surface area contributed by atoms with E-state index in [1.54, 1.807) is 36.9 Å². The summed E-state index contributed by atoms with van der Waals surface area (Å²) in [6.07, 6.45) is 1.61. The summed E-state index contributed by atoms with van der Waals surface area (Å²) < 4.78 is 6.71. The van der Waals surface area contributed by atoms with Gasteiger partial charge in [0.25, 0.3) is 5.56 Å².